The van der Waals surface area contributed by atoms with Crippen LogP contribution in [0.15, 0.2) is 53.6 Å². The Morgan fingerprint density at radius 3 is 2.53 bits per heavy atom. The fraction of sp³-hybridized carbons (Fsp3) is 0.143. The summed E-state index contributed by atoms with van der Waals surface area (Å²) in [7, 11) is 0. The maximum atomic E-state index is 2.35. The fourth-order valence-electron chi connectivity index (χ4n) is 2.26. The number of hydrogen-bond donors (Lipinski definition) is 0. The number of rotatable bonds is 1. The molecule has 0 nitrogen and oxygen atoms in total. The summed E-state index contributed by atoms with van der Waals surface area (Å²) >= 11 is 2.30. The van der Waals surface area contributed by atoms with Gasteiger partial charge in [-0.2, -0.15) is 0 Å². The van der Waals surface area contributed by atoms with Crippen LogP contribution < -0.4 is 34.0 Å². The summed E-state index contributed by atoms with van der Waals surface area (Å²) in [6.07, 6.45) is 10.1. The van der Waals surface area contributed by atoms with Crippen LogP contribution in [0.1, 0.15) is 21.8 Å². The van der Waals surface area contributed by atoms with Crippen LogP contribution in [0.25, 0.3) is 6.08 Å². The zero-order valence-electron chi connectivity index (χ0n) is 9.16. The molecule has 3 rings (SSSR count). The van der Waals surface area contributed by atoms with Crippen molar-refractivity contribution in [2.24, 2.45) is 0 Å². The van der Waals surface area contributed by atoms with Gasteiger partial charge in [0, 0.05) is 0 Å². The molecule has 17 heavy (non-hydrogen) atoms. The van der Waals surface area contributed by atoms with Gasteiger partial charge >= 0.3 is 102 Å². The number of hydrogen-bond acceptors (Lipinski definition) is 0. The Morgan fingerprint density at radius 2 is 1.88 bits per heavy atom. The molecule has 3 heteroatoms. The molecule has 0 radical (unpaired) electrons. The molecule has 2 aliphatic carbocycles. The van der Waals surface area contributed by atoms with Gasteiger partial charge in [-0.3, -0.25) is 0 Å². The van der Waals surface area contributed by atoms with E-state index in [1.807, 2.05) is 0 Å². The third-order valence-corrected chi connectivity index (χ3v) is 4.04. The van der Waals surface area contributed by atoms with E-state index in [4.69, 9.17) is 0 Å². The van der Waals surface area contributed by atoms with Crippen molar-refractivity contribution in [1.29, 1.82) is 0 Å². The summed E-state index contributed by atoms with van der Waals surface area (Å²) in [6.45, 7) is 0. The minimum absolute atomic E-state index is 0. The molecule has 0 aromatic heterocycles. The van der Waals surface area contributed by atoms with Crippen LogP contribution >= 0.6 is 0 Å². The first kappa shape index (κ1) is 15.2. The second kappa shape index (κ2) is 6.33. The van der Waals surface area contributed by atoms with E-state index >= 15 is 0 Å². The molecule has 1 unspecified atom stereocenters. The predicted molar refractivity (Wildman–Crippen MR) is 59.0 cm³/mol. The number of benzene rings is 1. The van der Waals surface area contributed by atoms with Gasteiger partial charge in [-0.25, -0.2) is 0 Å². The van der Waals surface area contributed by atoms with Crippen molar-refractivity contribution in [3.63, 3.8) is 0 Å². The SMILES string of the molecule is [Br-].[Br-].[Ti+2][CH]1C(C2=CC=CC2)=Cc2ccccc21. The molecule has 0 aliphatic heterocycles. The van der Waals surface area contributed by atoms with Crippen molar-refractivity contribution in [3.05, 3.63) is 64.8 Å². The van der Waals surface area contributed by atoms with E-state index in [0.717, 1.165) is 6.42 Å². The van der Waals surface area contributed by atoms with Crippen LogP contribution in [0, 0.1) is 0 Å². The van der Waals surface area contributed by atoms with E-state index in [0.29, 0.717) is 4.22 Å². The first-order chi connectivity index (χ1) is 7.36. The van der Waals surface area contributed by atoms with Gasteiger partial charge in [-0.15, -0.1) is 0 Å². The van der Waals surface area contributed by atoms with Crippen molar-refractivity contribution in [3.8, 4) is 0 Å². The molecule has 2 aliphatic rings. The second-order valence-corrected chi connectivity index (χ2v) is 4.89. The molecule has 85 valence electrons. The Morgan fingerprint density at radius 1 is 1.12 bits per heavy atom. The van der Waals surface area contributed by atoms with E-state index in [-0.39, 0.29) is 34.0 Å². The molecule has 1 aromatic carbocycles. The monoisotopic (exact) mass is 385 g/mol. The first-order valence-electron chi connectivity index (χ1n) is 5.24. The molecule has 0 fully saturated rings. The van der Waals surface area contributed by atoms with Crippen molar-refractivity contribution >= 4 is 6.08 Å². The Labute approximate surface area is 135 Å². The van der Waals surface area contributed by atoms with Crippen LogP contribution in [0.4, 0.5) is 0 Å². The molecule has 0 bridgehead atoms. The van der Waals surface area contributed by atoms with Gasteiger partial charge in [-0.1, -0.05) is 0 Å². The Hall–Kier alpha value is 0.114. The summed E-state index contributed by atoms with van der Waals surface area (Å²) < 4.78 is 0.562. The van der Waals surface area contributed by atoms with Crippen molar-refractivity contribution in [1.82, 2.24) is 0 Å². The van der Waals surface area contributed by atoms with Crippen molar-refractivity contribution < 1.29 is 54.4 Å². The average Bonchev–Trinajstić information content (AvgIpc) is 2.87. The fourth-order valence-corrected chi connectivity index (χ4v) is 3.09. The van der Waals surface area contributed by atoms with Crippen LogP contribution in [0.2, 0.25) is 0 Å². The van der Waals surface area contributed by atoms with Crippen LogP contribution in [-0.4, -0.2) is 0 Å². The van der Waals surface area contributed by atoms with E-state index in [1.165, 1.54) is 22.3 Å². The second-order valence-electron chi connectivity index (χ2n) is 3.99. The third kappa shape index (κ3) is 2.76. The molecule has 0 amide bonds. The first-order valence-corrected chi connectivity index (χ1v) is 6.14. The molecule has 1 aromatic rings. The summed E-state index contributed by atoms with van der Waals surface area (Å²) in [4.78, 5) is 0. The molecular formula is C14H11Br2Ti. The third-order valence-electron chi connectivity index (χ3n) is 3.07. The molecule has 0 saturated heterocycles. The van der Waals surface area contributed by atoms with Crippen LogP contribution in [0.3, 0.4) is 0 Å². The van der Waals surface area contributed by atoms with Gasteiger partial charge in [-0.05, 0) is 0 Å². The molecule has 0 heterocycles. The zero-order valence-corrected chi connectivity index (χ0v) is 13.9. The van der Waals surface area contributed by atoms with Crippen molar-refractivity contribution in [2.75, 3.05) is 0 Å². The van der Waals surface area contributed by atoms with Crippen molar-refractivity contribution in [2.45, 2.75) is 10.6 Å². The molecule has 0 saturated carbocycles. The topological polar surface area (TPSA) is 0 Å². The van der Waals surface area contributed by atoms with Gasteiger partial charge in [0.05, 0.1) is 0 Å². The van der Waals surface area contributed by atoms with E-state index in [9.17, 15) is 0 Å². The minimum atomic E-state index is 0. The van der Waals surface area contributed by atoms with E-state index in [2.05, 4.69) is 69.0 Å². The van der Waals surface area contributed by atoms with Gasteiger partial charge in [0.1, 0.15) is 0 Å². The van der Waals surface area contributed by atoms with Gasteiger partial charge in [0.15, 0.2) is 0 Å². The maximum absolute atomic E-state index is 2.35. The van der Waals surface area contributed by atoms with Crippen LogP contribution in [0.5, 0.6) is 0 Å². The number of allylic oxidation sites excluding steroid dienone is 5. The van der Waals surface area contributed by atoms with Gasteiger partial charge in [0.2, 0.25) is 0 Å². The molecule has 0 N–H and O–H groups in total. The Balaban J connectivity index is 0.000000722. The van der Waals surface area contributed by atoms with E-state index in [1.54, 1.807) is 0 Å². The van der Waals surface area contributed by atoms with Gasteiger partial charge in [0.25, 0.3) is 0 Å². The van der Waals surface area contributed by atoms with Crippen LogP contribution in [-0.2, 0) is 20.4 Å². The molecule has 1 atom stereocenters. The molecule has 0 spiro atoms. The average molecular weight is 387 g/mol. The zero-order chi connectivity index (χ0) is 10.3. The normalized spacial score (nSPS) is 20.0. The Kier molecular flexibility index (Phi) is 5.65. The number of halogens is 2. The number of fused-ring (bicyclic) bond motifs is 1. The predicted octanol–water partition coefficient (Wildman–Crippen LogP) is -2.43. The summed E-state index contributed by atoms with van der Waals surface area (Å²) in [6, 6.07) is 8.70. The summed E-state index contributed by atoms with van der Waals surface area (Å²) in [5, 5.41) is 0. The Bertz CT molecular complexity index is 501. The van der Waals surface area contributed by atoms with Gasteiger partial charge < -0.3 is 34.0 Å². The standard InChI is InChI=1S/C14H11.2BrH.Ti/c1-2-6-11(5-1)14-9-12-7-3-4-8-13(12)10-14;;;/h1-5,7-10H,6H2;2*1H;/q;;;+2/p-2. The quantitative estimate of drug-likeness (QED) is 0.471. The van der Waals surface area contributed by atoms with E-state index < -0.39 is 0 Å². The summed E-state index contributed by atoms with van der Waals surface area (Å²) in [5.41, 5.74) is 5.85. The molecular weight excluding hydrogens is 376 g/mol. The summed E-state index contributed by atoms with van der Waals surface area (Å²) in [5.74, 6) is 0.